The maximum atomic E-state index is 12.7. The fourth-order valence-corrected chi connectivity index (χ4v) is 2.70. The topological polar surface area (TPSA) is 48.1 Å². The average molecular weight is 288 g/mol. The van der Waals surface area contributed by atoms with Crippen LogP contribution in [0.25, 0.3) is 0 Å². The van der Waals surface area contributed by atoms with Crippen molar-refractivity contribution in [3.05, 3.63) is 17.7 Å². The normalized spacial score (nSPS) is 23.6. The van der Waals surface area contributed by atoms with Crippen LogP contribution in [0.5, 0.6) is 5.88 Å². The van der Waals surface area contributed by atoms with Gasteiger partial charge in [-0.25, -0.2) is 0 Å². The Hall–Kier alpha value is -1.46. The number of anilines is 1. The summed E-state index contributed by atoms with van der Waals surface area (Å²) in [6.45, 7) is 2.07. The third kappa shape index (κ3) is 3.55. The van der Waals surface area contributed by atoms with Crippen LogP contribution in [0.1, 0.15) is 44.6 Å². The Kier molecular flexibility index (Phi) is 4.40. The van der Waals surface area contributed by atoms with E-state index in [-0.39, 0.29) is 17.8 Å². The zero-order valence-corrected chi connectivity index (χ0v) is 11.4. The molecule has 2 unspecified atom stereocenters. The van der Waals surface area contributed by atoms with Gasteiger partial charge in [-0.3, -0.25) is 0 Å². The average Bonchev–Trinajstić information content (AvgIpc) is 2.37. The number of hydrogen-bond acceptors (Lipinski definition) is 3. The first-order valence-electron chi connectivity index (χ1n) is 6.91. The molecule has 1 saturated carbocycles. The molecular weight excluding hydrogens is 269 g/mol. The standard InChI is InChI=1S/C14H19F3N2O/c1-2-9-5-3-4-6-11(9)20-13-8-10(14(15,16)17)7-12(18)19-13/h7-9,11H,2-6H2,1H3,(H2,18,19). The molecule has 0 spiro atoms. The first kappa shape index (κ1) is 14.9. The summed E-state index contributed by atoms with van der Waals surface area (Å²) in [6, 6.07) is 1.75. The minimum Gasteiger partial charge on any atom is -0.474 e. The molecule has 1 aromatic rings. The molecule has 6 heteroatoms. The molecule has 0 aromatic carbocycles. The number of nitrogens with two attached hydrogens (primary N) is 1. The van der Waals surface area contributed by atoms with Crippen molar-refractivity contribution >= 4 is 5.82 Å². The summed E-state index contributed by atoms with van der Waals surface area (Å²) in [5.41, 5.74) is 4.62. The zero-order chi connectivity index (χ0) is 14.8. The SMILES string of the molecule is CCC1CCCCC1Oc1cc(C(F)(F)F)cc(N)n1. The highest BCUT2D eigenvalue weighted by Crippen LogP contribution is 2.34. The number of alkyl halides is 3. The molecule has 1 aliphatic rings. The van der Waals surface area contributed by atoms with E-state index in [4.69, 9.17) is 10.5 Å². The number of pyridine rings is 1. The molecule has 1 aromatic heterocycles. The number of aromatic nitrogens is 1. The predicted octanol–water partition coefficient (Wildman–Crippen LogP) is 4.03. The lowest BCUT2D eigenvalue weighted by Gasteiger charge is -2.30. The Balaban J connectivity index is 2.18. The van der Waals surface area contributed by atoms with Gasteiger partial charge in [-0.05, 0) is 37.7 Å². The van der Waals surface area contributed by atoms with E-state index in [1.54, 1.807) is 0 Å². The number of ether oxygens (including phenoxy) is 1. The molecule has 1 fully saturated rings. The molecule has 0 radical (unpaired) electrons. The number of nitrogen functional groups attached to an aromatic ring is 1. The number of rotatable bonds is 3. The van der Waals surface area contributed by atoms with Crippen LogP contribution >= 0.6 is 0 Å². The summed E-state index contributed by atoms with van der Waals surface area (Å²) in [5, 5.41) is 0. The summed E-state index contributed by atoms with van der Waals surface area (Å²) in [6.07, 6.45) is 0.549. The van der Waals surface area contributed by atoms with Gasteiger partial charge in [0.1, 0.15) is 11.9 Å². The monoisotopic (exact) mass is 288 g/mol. The molecule has 2 rings (SSSR count). The largest absolute Gasteiger partial charge is 0.474 e. The minimum atomic E-state index is -4.44. The van der Waals surface area contributed by atoms with Gasteiger partial charge in [0.2, 0.25) is 5.88 Å². The number of hydrogen-bond donors (Lipinski definition) is 1. The van der Waals surface area contributed by atoms with Crippen molar-refractivity contribution in [1.82, 2.24) is 4.98 Å². The summed E-state index contributed by atoms with van der Waals surface area (Å²) in [7, 11) is 0. The van der Waals surface area contributed by atoms with Gasteiger partial charge in [0.15, 0.2) is 0 Å². The van der Waals surface area contributed by atoms with Crippen molar-refractivity contribution < 1.29 is 17.9 Å². The Labute approximate surface area is 116 Å². The summed E-state index contributed by atoms with van der Waals surface area (Å²) in [4.78, 5) is 3.87. The van der Waals surface area contributed by atoms with Crippen molar-refractivity contribution in [1.29, 1.82) is 0 Å². The molecule has 0 saturated heterocycles. The van der Waals surface area contributed by atoms with Crippen LogP contribution in [0.2, 0.25) is 0 Å². The van der Waals surface area contributed by atoms with Crippen molar-refractivity contribution in [3.8, 4) is 5.88 Å². The van der Waals surface area contributed by atoms with E-state index in [0.29, 0.717) is 5.92 Å². The Morgan fingerprint density at radius 1 is 1.30 bits per heavy atom. The van der Waals surface area contributed by atoms with Crippen molar-refractivity contribution in [2.75, 3.05) is 5.73 Å². The lowest BCUT2D eigenvalue weighted by Crippen LogP contribution is -2.30. The van der Waals surface area contributed by atoms with Crippen LogP contribution in [-0.4, -0.2) is 11.1 Å². The van der Waals surface area contributed by atoms with E-state index in [1.807, 2.05) is 0 Å². The number of halogens is 3. The van der Waals surface area contributed by atoms with Gasteiger partial charge in [0.05, 0.1) is 5.56 Å². The summed E-state index contributed by atoms with van der Waals surface area (Å²) >= 11 is 0. The molecule has 2 atom stereocenters. The second-order valence-electron chi connectivity index (χ2n) is 5.23. The van der Waals surface area contributed by atoms with Gasteiger partial charge in [-0.15, -0.1) is 0 Å². The van der Waals surface area contributed by atoms with E-state index in [2.05, 4.69) is 11.9 Å². The van der Waals surface area contributed by atoms with Crippen molar-refractivity contribution in [2.24, 2.45) is 5.92 Å². The molecule has 0 amide bonds. The molecule has 1 aliphatic carbocycles. The summed E-state index contributed by atoms with van der Waals surface area (Å²) < 4.78 is 43.9. The van der Waals surface area contributed by atoms with E-state index in [0.717, 1.165) is 44.2 Å². The predicted molar refractivity (Wildman–Crippen MR) is 70.3 cm³/mol. The first-order chi connectivity index (χ1) is 9.40. The number of nitrogens with zero attached hydrogens (tertiary/aromatic N) is 1. The second-order valence-corrected chi connectivity index (χ2v) is 5.23. The fourth-order valence-electron chi connectivity index (χ4n) is 2.70. The van der Waals surface area contributed by atoms with Gasteiger partial charge >= 0.3 is 6.18 Å². The van der Waals surface area contributed by atoms with Gasteiger partial charge in [0.25, 0.3) is 0 Å². The highest BCUT2D eigenvalue weighted by Gasteiger charge is 2.32. The van der Waals surface area contributed by atoms with Crippen LogP contribution in [0.15, 0.2) is 12.1 Å². The Morgan fingerprint density at radius 2 is 2.00 bits per heavy atom. The molecule has 3 nitrogen and oxygen atoms in total. The molecule has 0 bridgehead atoms. The maximum Gasteiger partial charge on any atom is 0.416 e. The van der Waals surface area contributed by atoms with E-state index in [1.165, 1.54) is 0 Å². The summed E-state index contributed by atoms with van der Waals surface area (Å²) in [5.74, 6) is 0.183. The Bertz CT molecular complexity index is 462. The second kappa shape index (κ2) is 5.89. The van der Waals surface area contributed by atoms with Gasteiger partial charge < -0.3 is 10.5 Å². The fraction of sp³-hybridized carbons (Fsp3) is 0.643. The van der Waals surface area contributed by atoms with Crippen LogP contribution in [0.3, 0.4) is 0 Å². The van der Waals surface area contributed by atoms with E-state index < -0.39 is 11.7 Å². The molecule has 1 heterocycles. The highest BCUT2D eigenvalue weighted by atomic mass is 19.4. The highest BCUT2D eigenvalue weighted by molar-refractivity contribution is 5.38. The quantitative estimate of drug-likeness (QED) is 0.913. The van der Waals surface area contributed by atoms with E-state index >= 15 is 0 Å². The van der Waals surface area contributed by atoms with Gasteiger partial charge in [-0.2, -0.15) is 18.2 Å². The van der Waals surface area contributed by atoms with E-state index in [9.17, 15) is 13.2 Å². The molecule has 112 valence electrons. The zero-order valence-electron chi connectivity index (χ0n) is 11.4. The van der Waals surface area contributed by atoms with Crippen molar-refractivity contribution in [3.63, 3.8) is 0 Å². The first-order valence-corrected chi connectivity index (χ1v) is 6.91. The smallest absolute Gasteiger partial charge is 0.416 e. The third-order valence-electron chi connectivity index (χ3n) is 3.78. The Morgan fingerprint density at radius 3 is 2.65 bits per heavy atom. The van der Waals surface area contributed by atoms with Crippen LogP contribution < -0.4 is 10.5 Å². The lowest BCUT2D eigenvalue weighted by molar-refractivity contribution is -0.137. The molecule has 20 heavy (non-hydrogen) atoms. The molecule has 2 N–H and O–H groups in total. The third-order valence-corrected chi connectivity index (χ3v) is 3.78. The van der Waals surface area contributed by atoms with Crippen LogP contribution in [0, 0.1) is 5.92 Å². The van der Waals surface area contributed by atoms with Gasteiger partial charge in [-0.1, -0.05) is 13.3 Å². The molecule has 0 aliphatic heterocycles. The van der Waals surface area contributed by atoms with Crippen molar-refractivity contribution in [2.45, 2.75) is 51.3 Å². The van der Waals surface area contributed by atoms with Crippen LogP contribution in [-0.2, 0) is 6.18 Å². The van der Waals surface area contributed by atoms with Crippen LogP contribution in [0.4, 0.5) is 19.0 Å². The minimum absolute atomic E-state index is 0.0253. The molecular formula is C14H19F3N2O. The maximum absolute atomic E-state index is 12.7. The lowest BCUT2D eigenvalue weighted by atomic mass is 9.85. The van der Waals surface area contributed by atoms with Gasteiger partial charge in [0, 0.05) is 6.07 Å².